The summed E-state index contributed by atoms with van der Waals surface area (Å²) in [5.41, 5.74) is 1.73. The first-order valence-electron chi connectivity index (χ1n) is 6.79. The molecule has 1 aliphatic carbocycles. The van der Waals surface area contributed by atoms with Crippen molar-refractivity contribution in [1.82, 2.24) is 14.5 Å². The number of aliphatic hydroxyl groups excluding tert-OH is 1. The molecular formula is C15H17N3OS. The number of hydrogen-bond donors (Lipinski definition) is 1. The molecule has 1 atom stereocenters. The number of aliphatic hydroxyl groups is 1. The van der Waals surface area contributed by atoms with Gasteiger partial charge in [-0.3, -0.25) is 9.55 Å². The monoisotopic (exact) mass is 287 g/mol. The van der Waals surface area contributed by atoms with Crippen LogP contribution in [-0.4, -0.2) is 24.9 Å². The lowest BCUT2D eigenvalue weighted by Gasteiger charge is -2.16. The maximum atomic E-state index is 9.49. The summed E-state index contributed by atoms with van der Waals surface area (Å²) in [6.45, 7) is -0.0248. The summed E-state index contributed by atoms with van der Waals surface area (Å²) in [6, 6.07) is 3.88. The fourth-order valence-corrected chi connectivity index (χ4v) is 3.53. The van der Waals surface area contributed by atoms with Crippen LogP contribution in [0.15, 0.2) is 48.0 Å². The molecule has 3 rings (SSSR count). The van der Waals surface area contributed by atoms with Gasteiger partial charge in [0.05, 0.1) is 30.4 Å². The highest BCUT2D eigenvalue weighted by Crippen LogP contribution is 2.31. The van der Waals surface area contributed by atoms with E-state index in [9.17, 15) is 5.11 Å². The van der Waals surface area contributed by atoms with Gasteiger partial charge in [0.15, 0.2) is 5.16 Å². The average molecular weight is 287 g/mol. The molecule has 0 spiro atoms. The van der Waals surface area contributed by atoms with Gasteiger partial charge >= 0.3 is 0 Å². The van der Waals surface area contributed by atoms with Crippen molar-refractivity contribution in [3.63, 3.8) is 0 Å². The van der Waals surface area contributed by atoms with Crippen LogP contribution in [0.2, 0.25) is 0 Å². The van der Waals surface area contributed by atoms with Gasteiger partial charge < -0.3 is 5.11 Å². The van der Waals surface area contributed by atoms with Crippen LogP contribution in [0.4, 0.5) is 0 Å². The summed E-state index contributed by atoms with van der Waals surface area (Å²) in [6.07, 6.45) is 13.4. The van der Waals surface area contributed by atoms with Crippen LogP contribution in [0.3, 0.4) is 0 Å². The third kappa shape index (κ3) is 2.78. The van der Waals surface area contributed by atoms with E-state index in [1.54, 1.807) is 30.4 Å². The molecule has 4 nitrogen and oxygen atoms in total. The number of rotatable bonds is 4. The van der Waals surface area contributed by atoms with E-state index in [1.165, 1.54) is 19.3 Å². The first kappa shape index (κ1) is 13.4. The first-order chi connectivity index (χ1) is 9.88. The Labute approximate surface area is 122 Å². The Morgan fingerprint density at radius 3 is 3.05 bits per heavy atom. The minimum absolute atomic E-state index is 0.0248. The second-order valence-electron chi connectivity index (χ2n) is 4.75. The van der Waals surface area contributed by atoms with Crippen molar-refractivity contribution in [2.75, 3.05) is 0 Å². The van der Waals surface area contributed by atoms with E-state index < -0.39 is 0 Å². The van der Waals surface area contributed by atoms with Crippen LogP contribution in [-0.2, 0) is 6.61 Å². The van der Waals surface area contributed by atoms with Gasteiger partial charge in [-0.15, -0.1) is 0 Å². The predicted octanol–water partition coefficient (Wildman–Crippen LogP) is 2.96. The zero-order chi connectivity index (χ0) is 13.8. The Morgan fingerprint density at radius 1 is 1.40 bits per heavy atom. The molecule has 20 heavy (non-hydrogen) atoms. The summed E-state index contributed by atoms with van der Waals surface area (Å²) in [5, 5.41) is 10.9. The molecular weight excluding hydrogens is 270 g/mol. The van der Waals surface area contributed by atoms with Gasteiger partial charge in [0.2, 0.25) is 0 Å². The van der Waals surface area contributed by atoms with Crippen LogP contribution in [0.25, 0.3) is 5.69 Å². The Balaban J connectivity index is 1.93. The van der Waals surface area contributed by atoms with E-state index in [0.717, 1.165) is 16.5 Å². The Morgan fingerprint density at radius 2 is 2.35 bits per heavy atom. The SMILES string of the molecule is OCc1cnc(SC2C=CCCC2)n1-c1cccnc1. The molecule has 0 radical (unpaired) electrons. The lowest BCUT2D eigenvalue weighted by atomic mass is 10.1. The normalized spacial score (nSPS) is 18.4. The van der Waals surface area contributed by atoms with Gasteiger partial charge in [0.1, 0.15) is 0 Å². The maximum absolute atomic E-state index is 9.49. The van der Waals surface area contributed by atoms with Crippen LogP contribution >= 0.6 is 11.8 Å². The molecule has 0 bridgehead atoms. The largest absolute Gasteiger partial charge is 0.390 e. The van der Waals surface area contributed by atoms with Crippen LogP contribution in [0.5, 0.6) is 0 Å². The molecule has 2 heterocycles. The standard InChI is InChI=1S/C15H17N3OS/c19-11-13-10-17-15(20-14-6-2-1-3-7-14)18(13)12-5-4-8-16-9-12/h2,4-6,8-10,14,19H,1,3,7,11H2. The van der Waals surface area contributed by atoms with E-state index >= 15 is 0 Å². The first-order valence-corrected chi connectivity index (χ1v) is 7.67. The number of pyridine rings is 1. The lowest BCUT2D eigenvalue weighted by Crippen LogP contribution is -2.07. The van der Waals surface area contributed by atoms with Crippen molar-refractivity contribution >= 4 is 11.8 Å². The number of imidazole rings is 1. The maximum Gasteiger partial charge on any atom is 0.173 e. The molecule has 104 valence electrons. The van der Waals surface area contributed by atoms with Crippen molar-refractivity contribution in [3.8, 4) is 5.69 Å². The van der Waals surface area contributed by atoms with Crippen molar-refractivity contribution in [1.29, 1.82) is 0 Å². The molecule has 0 aliphatic heterocycles. The third-order valence-corrected chi connectivity index (χ3v) is 4.53. The summed E-state index contributed by atoms with van der Waals surface area (Å²) in [5.74, 6) is 0. The molecule has 2 aromatic rings. The Bertz CT molecular complexity index is 594. The molecule has 2 aromatic heterocycles. The molecule has 0 fully saturated rings. The molecule has 0 amide bonds. The molecule has 0 saturated carbocycles. The Hall–Kier alpha value is -1.59. The van der Waals surface area contributed by atoms with E-state index in [0.29, 0.717) is 5.25 Å². The highest BCUT2D eigenvalue weighted by atomic mass is 32.2. The quantitative estimate of drug-likeness (QED) is 0.878. The highest BCUT2D eigenvalue weighted by molar-refractivity contribution is 7.99. The highest BCUT2D eigenvalue weighted by Gasteiger charge is 2.17. The fourth-order valence-electron chi connectivity index (χ4n) is 2.34. The average Bonchev–Trinajstić information content (AvgIpc) is 2.92. The summed E-state index contributed by atoms with van der Waals surface area (Å²) >= 11 is 1.75. The summed E-state index contributed by atoms with van der Waals surface area (Å²) < 4.78 is 1.99. The number of aromatic nitrogens is 3. The molecule has 0 saturated heterocycles. The van der Waals surface area contributed by atoms with E-state index in [-0.39, 0.29) is 6.61 Å². The van der Waals surface area contributed by atoms with Crippen LogP contribution in [0, 0.1) is 0 Å². The van der Waals surface area contributed by atoms with Crippen molar-refractivity contribution in [2.45, 2.75) is 36.3 Å². The van der Waals surface area contributed by atoms with Crippen molar-refractivity contribution in [2.24, 2.45) is 0 Å². The number of thioether (sulfide) groups is 1. The Kier molecular flexibility index (Phi) is 4.18. The minimum atomic E-state index is -0.0248. The van der Waals surface area contributed by atoms with Gasteiger partial charge in [0, 0.05) is 11.4 Å². The van der Waals surface area contributed by atoms with Gasteiger partial charge in [0.25, 0.3) is 0 Å². The molecule has 5 heteroatoms. The van der Waals surface area contributed by atoms with E-state index in [2.05, 4.69) is 22.1 Å². The second kappa shape index (κ2) is 6.24. The number of nitrogens with zero attached hydrogens (tertiary/aromatic N) is 3. The van der Waals surface area contributed by atoms with Crippen molar-refractivity contribution in [3.05, 3.63) is 48.6 Å². The zero-order valence-corrected chi connectivity index (χ0v) is 12.0. The zero-order valence-electron chi connectivity index (χ0n) is 11.1. The summed E-state index contributed by atoms with van der Waals surface area (Å²) in [7, 11) is 0. The fraction of sp³-hybridized carbons (Fsp3) is 0.333. The van der Waals surface area contributed by atoms with Gasteiger partial charge in [-0.25, -0.2) is 4.98 Å². The molecule has 1 unspecified atom stereocenters. The molecule has 0 aromatic carbocycles. The van der Waals surface area contributed by atoms with Crippen LogP contribution in [0.1, 0.15) is 25.0 Å². The molecule has 1 N–H and O–H groups in total. The van der Waals surface area contributed by atoms with Gasteiger partial charge in [-0.2, -0.15) is 0 Å². The minimum Gasteiger partial charge on any atom is -0.390 e. The molecule has 1 aliphatic rings. The third-order valence-electron chi connectivity index (χ3n) is 3.34. The summed E-state index contributed by atoms with van der Waals surface area (Å²) in [4.78, 5) is 8.61. The van der Waals surface area contributed by atoms with E-state index in [1.807, 2.05) is 16.7 Å². The number of hydrogen-bond acceptors (Lipinski definition) is 4. The predicted molar refractivity (Wildman–Crippen MR) is 79.9 cm³/mol. The van der Waals surface area contributed by atoms with Crippen LogP contribution < -0.4 is 0 Å². The van der Waals surface area contributed by atoms with Gasteiger partial charge in [-0.05, 0) is 31.4 Å². The lowest BCUT2D eigenvalue weighted by molar-refractivity contribution is 0.274. The van der Waals surface area contributed by atoms with Gasteiger partial charge in [-0.1, -0.05) is 23.9 Å². The topological polar surface area (TPSA) is 50.9 Å². The van der Waals surface area contributed by atoms with Crippen molar-refractivity contribution < 1.29 is 5.11 Å². The second-order valence-corrected chi connectivity index (χ2v) is 5.96. The smallest absolute Gasteiger partial charge is 0.173 e. The van der Waals surface area contributed by atoms with E-state index in [4.69, 9.17) is 0 Å². The number of allylic oxidation sites excluding steroid dienone is 1.